The van der Waals surface area contributed by atoms with Crippen molar-refractivity contribution in [1.82, 2.24) is 0 Å². The van der Waals surface area contributed by atoms with Gasteiger partial charge >= 0.3 is 0 Å². The highest BCUT2D eigenvalue weighted by Crippen LogP contribution is 2.29. The van der Waals surface area contributed by atoms with Crippen LogP contribution in [0.4, 0.5) is 0 Å². The van der Waals surface area contributed by atoms with Gasteiger partial charge in [0.15, 0.2) is 0 Å². The summed E-state index contributed by atoms with van der Waals surface area (Å²) in [5.41, 5.74) is 7.77. The number of hydrogen-bond acceptors (Lipinski definition) is 3. The van der Waals surface area contributed by atoms with Crippen LogP contribution in [0.25, 0.3) is 11.1 Å². The zero-order chi connectivity index (χ0) is 15.1. The lowest BCUT2D eigenvalue weighted by atomic mass is 9.88. The third-order valence-electron chi connectivity index (χ3n) is 3.71. The second-order valence-corrected chi connectivity index (χ2v) is 5.30. The monoisotopic (exact) mass is 285 g/mol. The van der Waals surface area contributed by atoms with Gasteiger partial charge < -0.3 is 15.6 Å². The third-order valence-corrected chi connectivity index (χ3v) is 3.71. The van der Waals surface area contributed by atoms with E-state index in [1.54, 1.807) is 7.11 Å². The fourth-order valence-corrected chi connectivity index (χ4v) is 2.54. The molecule has 112 valence electrons. The molecule has 2 rings (SSSR count). The standard InChI is InChI=1S/C18H23NO2/c1-21-14-18(20,12-5-13-19)17-10-8-16(9-11-17)15-6-3-2-4-7-15/h2-4,6-11,20H,5,12-14,19H2,1H3. The molecular weight excluding hydrogens is 262 g/mol. The lowest BCUT2D eigenvalue weighted by molar-refractivity contribution is -0.0429. The van der Waals surface area contributed by atoms with Crippen molar-refractivity contribution in [3.05, 3.63) is 60.2 Å². The second-order valence-electron chi connectivity index (χ2n) is 5.30. The van der Waals surface area contributed by atoms with E-state index in [4.69, 9.17) is 10.5 Å². The molecule has 0 aromatic heterocycles. The molecule has 0 aliphatic rings. The molecule has 0 radical (unpaired) electrons. The van der Waals surface area contributed by atoms with Crippen molar-refractivity contribution in [2.75, 3.05) is 20.3 Å². The molecule has 0 amide bonds. The van der Waals surface area contributed by atoms with Crippen LogP contribution in [0.15, 0.2) is 54.6 Å². The summed E-state index contributed by atoms with van der Waals surface area (Å²) in [7, 11) is 1.60. The summed E-state index contributed by atoms with van der Waals surface area (Å²) < 4.78 is 5.18. The molecule has 0 saturated carbocycles. The van der Waals surface area contributed by atoms with E-state index in [0.717, 1.165) is 17.5 Å². The van der Waals surface area contributed by atoms with E-state index in [1.165, 1.54) is 5.56 Å². The van der Waals surface area contributed by atoms with Gasteiger partial charge in [-0.1, -0.05) is 54.6 Å². The van der Waals surface area contributed by atoms with Crippen molar-refractivity contribution in [3.63, 3.8) is 0 Å². The van der Waals surface area contributed by atoms with Crippen molar-refractivity contribution in [2.24, 2.45) is 5.73 Å². The SMILES string of the molecule is COCC(O)(CCCN)c1ccc(-c2ccccc2)cc1. The number of aliphatic hydroxyl groups is 1. The van der Waals surface area contributed by atoms with Gasteiger partial charge in [-0.15, -0.1) is 0 Å². The Labute approximate surface area is 126 Å². The number of hydrogen-bond donors (Lipinski definition) is 2. The van der Waals surface area contributed by atoms with Gasteiger partial charge in [-0.2, -0.15) is 0 Å². The molecule has 1 atom stereocenters. The summed E-state index contributed by atoms with van der Waals surface area (Å²) in [6.07, 6.45) is 1.36. The van der Waals surface area contributed by atoms with Crippen LogP contribution < -0.4 is 5.73 Å². The number of methoxy groups -OCH3 is 1. The van der Waals surface area contributed by atoms with E-state index in [0.29, 0.717) is 13.0 Å². The quantitative estimate of drug-likeness (QED) is 0.822. The predicted molar refractivity (Wildman–Crippen MR) is 85.9 cm³/mol. The zero-order valence-corrected chi connectivity index (χ0v) is 12.5. The van der Waals surface area contributed by atoms with Crippen LogP contribution in [0.2, 0.25) is 0 Å². The molecule has 0 aliphatic heterocycles. The van der Waals surface area contributed by atoms with Crippen molar-refractivity contribution >= 4 is 0 Å². The van der Waals surface area contributed by atoms with Gasteiger partial charge in [0, 0.05) is 7.11 Å². The van der Waals surface area contributed by atoms with E-state index in [2.05, 4.69) is 12.1 Å². The molecule has 1 unspecified atom stereocenters. The average Bonchev–Trinajstić information content (AvgIpc) is 2.54. The topological polar surface area (TPSA) is 55.5 Å². The Morgan fingerprint density at radius 1 is 1.00 bits per heavy atom. The van der Waals surface area contributed by atoms with E-state index in [9.17, 15) is 5.11 Å². The maximum absolute atomic E-state index is 10.8. The Morgan fingerprint density at radius 2 is 1.62 bits per heavy atom. The summed E-state index contributed by atoms with van der Waals surface area (Å²) >= 11 is 0. The van der Waals surface area contributed by atoms with Gasteiger partial charge in [-0.05, 0) is 36.1 Å². The van der Waals surface area contributed by atoms with Crippen LogP contribution in [0.5, 0.6) is 0 Å². The minimum Gasteiger partial charge on any atom is -0.383 e. The molecule has 0 aliphatic carbocycles. The summed E-state index contributed by atoms with van der Waals surface area (Å²) in [5.74, 6) is 0. The highest BCUT2D eigenvalue weighted by molar-refractivity contribution is 5.63. The van der Waals surface area contributed by atoms with Gasteiger partial charge in [0.2, 0.25) is 0 Å². The zero-order valence-electron chi connectivity index (χ0n) is 12.5. The summed E-state index contributed by atoms with van der Waals surface area (Å²) in [4.78, 5) is 0. The van der Waals surface area contributed by atoms with Gasteiger partial charge in [0.05, 0.1) is 6.61 Å². The van der Waals surface area contributed by atoms with Gasteiger partial charge in [-0.25, -0.2) is 0 Å². The molecule has 0 heterocycles. The molecule has 0 saturated heterocycles. The van der Waals surface area contributed by atoms with Crippen LogP contribution in [-0.2, 0) is 10.3 Å². The molecule has 0 fully saturated rings. The number of benzene rings is 2. The van der Waals surface area contributed by atoms with Crippen LogP contribution in [0.1, 0.15) is 18.4 Å². The number of nitrogens with two attached hydrogens (primary N) is 1. The first kappa shape index (κ1) is 15.7. The Balaban J connectivity index is 2.23. The minimum absolute atomic E-state index is 0.275. The first-order valence-corrected chi connectivity index (χ1v) is 7.27. The number of rotatable bonds is 7. The lowest BCUT2D eigenvalue weighted by Gasteiger charge is -2.28. The fourth-order valence-electron chi connectivity index (χ4n) is 2.54. The first-order chi connectivity index (χ1) is 10.2. The Morgan fingerprint density at radius 3 is 2.19 bits per heavy atom. The lowest BCUT2D eigenvalue weighted by Crippen LogP contribution is -2.32. The Bertz CT molecular complexity index is 539. The fraction of sp³-hybridized carbons (Fsp3) is 0.333. The molecule has 3 nitrogen and oxygen atoms in total. The Hall–Kier alpha value is -1.68. The van der Waals surface area contributed by atoms with Crippen LogP contribution >= 0.6 is 0 Å². The molecule has 21 heavy (non-hydrogen) atoms. The highest BCUT2D eigenvalue weighted by Gasteiger charge is 2.28. The Kier molecular flexibility index (Phi) is 5.51. The average molecular weight is 285 g/mol. The molecule has 0 spiro atoms. The van der Waals surface area contributed by atoms with E-state index in [1.807, 2.05) is 42.5 Å². The second kappa shape index (κ2) is 7.36. The van der Waals surface area contributed by atoms with Crippen molar-refractivity contribution < 1.29 is 9.84 Å². The normalized spacial score (nSPS) is 13.9. The summed E-state index contributed by atoms with van der Waals surface area (Å²) in [5, 5.41) is 10.8. The predicted octanol–water partition coefficient (Wildman–Crippen LogP) is 2.93. The van der Waals surface area contributed by atoms with Crippen LogP contribution in [0.3, 0.4) is 0 Å². The van der Waals surface area contributed by atoms with Gasteiger partial charge in [0.1, 0.15) is 5.60 Å². The first-order valence-electron chi connectivity index (χ1n) is 7.27. The van der Waals surface area contributed by atoms with Crippen LogP contribution in [-0.4, -0.2) is 25.4 Å². The van der Waals surface area contributed by atoms with Crippen LogP contribution in [0, 0.1) is 0 Å². The largest absolute Gasteiger partial charge is 0.383 e. The van der Waals surface area contributed by atoms with E-state index < -0.39 is 5.60 Å². The molecule has 3 heteroatoms. The third kappa shape index (κ3) is 3.91. The minimum atomic E-state index is -0.969. The van der Waals surface area contributed by atoms with E-state index >= 15 is 0 Å². The summed E-state index contributed by atoms with van der Waals surface area (Å²) in [6.45, 7) is 0.839. The highest BCUT2D eigenvalue weighted by atomic mass is 16.5. The molecule has 2 aromatic carbocycles. The molecule has 0 bridgehead atoms. The molecule has 2 aromatic rings. The van der Waals surface area contributed by atoms with Crippen molar-refractivity contribution in [2.45, 2.75) is 18.4 Å². The maximum atomic E-state index is 10.8. The van der Waals surface area contributed by atoms with E-state index in [-0.39, 0.29) is 6.61 Å². The smallest absolute Gasteiger partial charge is 0.113 e. The number of ether oxygens (including phenoxy) is 1. The molecular formula is C18H23NO2. The van der Waals surface area contributed by atoms with Gasteiger partial charge in [0.25, 0.3) is 0 Å². The maximum Gasteiger partial charge on any atom is 0.113 e. The van der Waals surface area contributed by atoms with Crippen molar-refractivity contribution in [3.8, 4) is 11.1 Å². The summed E-state index contributed by atoms with van der Waals surface area (Å²) in [6, 6.07) is 18.2. The molecule has 3 N–H and O–H groups in total. The van der Waals surface area contributed by atoms with Gasteiger partial charge in [-0.3, -0.25) is 0 Å². The van der Waals surface area contributed by atoms with Crippen molar-refractivity contribution in [1.29, 1.82) is 0 Å².